The number of carbonyl (C=O) groups is 1. The number of hydrogen-bond donors (Lipinski definition) is 2. The maximum absolute atomic E-state index is 14.3. The fourth-order valence-corrected chi connectivity index (χ4v) is 3.69. The van der Waals surface area contributed by atoms with Gasteiger partial charge in [0.1, 0.15) is 11.6 Å². The summed E-state index contributed by atoms with van der Waals surface area (Å²) in [6.45, 7) is 5.81. The van der Waals surface area contributed by atoms with Gasteiger partial charge in [-0.1, -0.05) is 6.07 Å². The van der Waals surface area contributed by atoms with Crippen LogP contribution in [0.1, 0.15) is 33.6 Å². The van der Waals surface area contributed by atoms with Crippen LogP contribution in [0.5, 0.6) is 11.5 Å². The summed E-state index contributed by atoms with van der Waals surface area (Å²) >= 11 is 0. The van der Waals surface area contributed by atoms with Crippen molar-refractivity contribution >= 4 is 11.8 Å². The highest BCUT2D eigenvalue weighted by atomic mass is 19.2. The van der Waals surface area contributed by atoms with Gasteiger partial charge in [0.15, 0.2) is 11.6 Å². The Balaban J connectivity index is 1.75. The van der Waals surface area contributed by atoms with Crippen molar-refractivity contribution in [3.05, 3.63) is 53.8 Å². The molecule has 1 aliphatic heterocycles. The Hall–Kier alpha value is -2.94. The van der Waals surface area contributed by atoms with Crippen LogP contribution in [0.15, 0.2) is 36.4 Å². The molecule has 1 aliphatic rings. The molecule has 0 unspecified atom stereocenters. The number of nitrogens with zero attached hydrogens (tertiary/aromatic N) is 2. The summed E-state index contributed by atoms with van der Waals surface area (Å²) in [6, 6.07) is 7.46. The highest BCUT2D eigenvalue weighted by molar-refractivity contribution is 5.66. The summed E-state index contributed by atoms with van der Waals surface area (Å²) in [5, 5.41) is 20.5. The van der Waals surface area contributed by atoms with Crippen molar-refractivity contribution in [3.8, 4) is 11.5 Å². The fourth-order valence-electron chi connectivity index (χ4n) is 3.69. The second kappa shape index (κ2) is 8.90. The van der Waals surface area contributed by atoms with Crippen LogP contribution in [0.2, 0.25) is 0 Å². The van der Waals surface area contributed by atoms with Crippen LogP contribution in [0.4, 0.5) is 23.7 Å². The van der Waals surface area contributed by atoms with Crippen LogP contribution >= 0.6 is 0 Å². The molecule has 0 bridgehead atoms. The van der Waals surface area contributed by atoms with Crippen molar-refractivity contribution in [1.82, 2.24) is 4.90 Å². The first-order valence-corrected chi connectivity index (χ1v) is 10.3. The van der Waals surface area contributed by atoms with Gasteiger partial charge in [-0.3, -0.25) is 0 Å². The molecule has 0 aromatic heterocycles. The Morgan fingerprint density at radius 2 is 1.81 bits per heavy atom. The molecule has 6 nitrogen and oxygen atoms in total. The van der Waals surface area contributed by atoms with E-state index in [2.05, 4.69) is 0 Å². The molecular formula is C23H27F3N2O4. The molecule has 3 rings (SSSR count). The summed E-state index contributed by atoms with van der Waals surface area (Å²) in [5.41, 5.74) is -1.56. The van der Waals surface area contributed by atoms with Crippen LogP contribution in [0.3, 0.4) is 0 Å². The van der Waals surface area contributed by atoms with E-state index in [1.165, 1.54) is 29.2 Å². The summed E-state index contributed by atoms with van der Waals surface area (Å²) in [5.74, 6) is -3.21. The SMILES string of the molecule is CC(C)(C)N(CC1(O)CCN(c2cc(F)c(F)c(Oc3cccc(F)c3)c2)CC1)C(=O)O. The molecule has 2 N–H and O–H groups in total. The van der Waals surface area contributed by atoms with E-state index < -0.39 is 34.7 Å². The first kappa shape index (κ1) is 23.7. The lowest BCUT2D eigenvalue weighted by Gasteiger charge is -2.44. The molecule has 2 aromatic rings. The standard InChI is InChI=1S/C23H27F3N2O4/c1-22(2,3)28(21(29)30)14-23(31)7-9-27(10-8-23)16-12-18(25)20(26)19(13-16)32-17-6-4-5-15(24)11-17/h4-6,11-13,31H,7-10,14H2,1-3H3,(H,29,30). The predicted octanol–water partition coefficient (Wildman–Crippen LogP) is 5.01. The minimum atomic E-state index is -1.23. The van der Waals surface area contributed by atoms with Gasteiger partial charge in [-0.15, -0.1) is 0 Å². The zero-order valence-electron chi connectivity index (χ0n) is 18.2. The number of hydrogen-bond acceptors (Lipinski definition) is 4. The maximum Gasteiger partial charge on any atom is 0.407 e. The Morgan fingerprint density at radius 3 is 2.38 bits per heavy atom. The molecule has 174 valence electrons. The second-order valence-corrected chi connectivity index (χ2v) is 9.05. The zero-order chi connectivity index (χ0) is 23.7. The van der Waals surface area contributed by atoms with E-state index in [1.807, 2.05) is 0 Å². The van der Waals surface area contributed by atoms with Crippen LogP contribution in [-0.2, 0) is 0 Å². The zero-order valence-corrected chi connectivity index (χ0v) is 18.2. The highest BCUT2D eigenvalue weighted by Gasteiger charge is 2.39. The number of piperidine rings is 1. The van der Waals surface area contributed by atoms with Crippen molar-refractivity contribution < 1.29 is 32.9 Å². The Bertz CT molecular complexity index is 986. The fraction of sp³-hybridized carbons (Fsp3) is 0.435. The largest absolute Gasteiger partial charge is 0.465 e. The smallest absolute Gasteiger partial charge is 0.407 e. The highest BCUT2D eigenvalue weighted by Crippen LogP contribution is 2.34. The number of amides is 1. The Morgan fingerprint density at radius 1 is 1.16 bits per heavy atom. The van der Waals surface area contributed by atoms with Crippen LogP contribution in [0, 0.1) is 17.5 Å². The Kier molecular flexibility index (Phi) is 6.59. The first-order valence-electron chi connectivity index (χ1n) is 10.3. The predicted molar refractivity (Wildman–Crippen MR) is 114 cm³/mol. The minimum Gasteiger partial charge on any atom is -0.465 e. The monoisotopic (exact) mass is 452 g/mol. The topological polar surface area (TPSA) is 73.2 Å². The number of aliphatic hydroxyl groups is 1. The number of benzene rings is 2. The van der Waals surface area contributed by atoms with Crippen molar-refractivity contribution in [2.45, 2.75) is 44.8 Å². The molecule has 2 aromatic carbocycles. The van der Waals surface area contributed by atoms with Gasteiger partial charge < -0.3 is 24.7 Å². The summed E-state index contributed by atoms with van der Waals surface area (Å²) < 4.78 is 47.3. The molecule has 0 atom stereocenters. The molecule has 0 aliphatic carbocycles. The number of β-amino-alcohol motifs (C(OH)–C–C–N with tert-alkyl or cyclic N) is 1. The van der Waals surface area contributed by atoms with Gasteiger partial charge in [-0.05, 0) is 45.7 Å². The van der Waals surface area contributed by atoms with E-state index in [0.29, 0.717) is 18.8 Å². The van der Waals surface area contributed by atoms with Crippen molar-refractivity contribution in [2.24, 2.45) is 0 Å². The average molecular weight is 452 g/mol. The van der Waals surface area contributed by atoms with E-state index in [9.17, 15) is 28.2 Å². The summed E-state index contributed by atoms with van der Waals surface area (Å²) in [7, 11) is 0. The van der Waals surface area contributed by atoms with E-state index >= 15 is 0 Å². The third-order valence-electron chi connectivity index (χ3n) is 5.56. The lowest BCUT2D eigenvalue weighted by atomic mass is 9.89. The lowest BCUT2D eigenvalue weighted by Crippen LogP contribution is -2.56. The van der Waals surface area contributed by atoms with Crippen LogP contribution in [-0.4, -0.2) is 52.0 Å². The van der Waals surface area contributed by atoms with Gasteiger partial charge >= 0.3 is 6.09 Å². The third kappa shape index (κ3) is 5.45. The molecule has 1 fully saturated rings. The molecule has 1 heterocycles. The van der Waals surface area contributed by atoms with Crippen LogP contribution < -0.4 is 9.64 Å². The van der Waals surface area contributed by atoms with Crippen molar-refractivity contribution in [2.75, 3.05) is 24.5 Å². The molecular weight excluding hydrogens is 425 g/mol. The molecule has 9 heteroatoms. The van der Waals surface area contributed by atoms with E-state index in [4.69, 9.17) is 4.74 Å². The number of carboxylic acid groups (broad SMARTS) is 1. The molecule has 32 heavy (non-hydrogen) atoms. The maximum atomic E-state index is 14.3. The molecule has 1 saturated heterocycles. The van der Waals surface area contributed by atoms with Gasteiger partial charge in [-0.2, -0.15) is 4.39 Å². The minimum absolute atomic E-state index is 0.0319. The van der Waals surface area contributed by atoms with Gasteiger partial charge in [0.05, 0.1) is 12.1 Å². The van der Waals surface area contributed by atoms with Gasteiger partial charge in [0.2, 0.25) is 5.82 Å². The van der Waals surface area contributed by atoms with Gasteiger partial charge in [-0.25, -0.2) is 13.6 Å². The average Bonchev–Trinajstić information content (AvgIpc) is 2.69. The molecule has 0 spiro atoms. The molecule has 0 radical (unpaired) electrons. The van der Waals surface area contributed by atoms with Crippen molar-refractivity contribution in [1.29, 1.82) is 0 Å². The van der Waals surface area contributed by atoms with E-state index in [-0.39, 0.29) is 30.9 Å². The third-order valence-corrected chi connectivity index (χ3v) is 5.56. The van der Waals surface area contributed by atoms with Crippen molar-refractivity contribution in [3.63, 3.8) is 0 Å². The summed E-state index contributed by atoms with van der Waals surface area (Å²) in [4.78, 5) is 14.6. The number of ether oxygens (including phenoxy) is 1. The molecule has 1 amide bonds. The number of halogens is 3. The first-order chi connectivity index (χ1) is 14.9. The van der Waals surface area contributed by atoms with Crippen LogP contribution in [0.25, 0.3) is 0 Å². The normalized spacial score (nSPS) is 16.0. The molecule has 0 saturated carbocycles. The Labute approximate surface area is 184 Å². The van der Waals surface area contributed by atoms with E-state index in [0.717, 1.165) is 12.1 Å². The number of rotatable bonds is 5. The van der Waals surface area contributed by atoms with Gasteiger partial charge in [0, 0.05) is 42.5 Å². The second-order valence-electron chi connectivity index (χ2n) is 9.05. The quantitative estimate of drug-likeness (QED) is 0.668. The van der Waals surface area contributed by atoms with Gasteiger partial charge in [0.25, 0.3) is 0 Å². The van der Waals surface area contributed by atoms with E-state index in [1.54, 1.807) is 25.7 Å². The number of anilines is 1. The lowest BCUT2D eigenvalue weighted by molar-refractivity contribution is -0.0312. The summed E-state index contributed by atoms with van der Waals surface area (Å²) in [6.07, 6.45) is -0.633.